The van der Waals surface area contributed by atoms with Crippen molar-refractivity contribution in [1.82, 2.24) is 14.4 Å². The van der Waals surface area contributed by atoms with Crippen LogP contribution in [0.3, 0.4) is 0 Å². The number of ketones is 1. The van der Waals surface area contributed by atoms with Gasteiger partial charge in [0.2, 0.25) is 0 Å². The summed E-state index contributed by atoms with van der Waals surface area (Å²) in [5.74, 6) is 0.256. The summed E-state index contributed by atoms with van der Waals surface area (Å²) in [5.41, 5.74) is 3.99. The first-order valence-electron chi connectivity index (χ1n) is 7.68. The molecule has 0 unspecified atom stereocenters. The monoisotopic (exact) mass is 371 g/mol. The second-order valence-electron chi connectivity index (χ2n) is 5.61. The normalized spacial score (nSPS) is 11.0. The van der Waals surface area contributed by atoms with Gasteiger partial charge in [0.15, 0.2) is 0 Å². The molecule has 4 nitrogen and oxygen atoms in total. The van der Waals surface area contributed by atoms with E-state index in [4.69, 9.17) is 0 Å². The van der Waals surface area contributed by atoms with Gasteiger partial charge in [-0.2, -0.15) is 0 Å². The Morgan fingerprint density at radius 1 is 1.17 bits per heavy atom. The summed E-state index contributed by atoms with van der Waals surface area (Å²) in [5, 5.41) is 0. The molecule has 0 N–H and O–H groups in total. The summed E-state index contributed by atoms with van der Waals surface area (Å²) in [6.07, 6.45) is 6.20. The molecule has 3 rings (SSSR count). The van der Waals surface area contributed by atoms with Crippen LogP contribution >= 0.6 is 15.9 Å². The highest BCUT2D eigenvalue weighted by molar-refractivity contribution is 9.10. The Morgan fingerprint density at radius 3 is 2.78 bits per heavy atom. The van der Waals surface area contributed by atoms with Gasteiger partial charge < -0.3 is 0 Å². The predicted molar refractivity (Wildman–Crippen MR) is 93.5 cm³/mol. The summed E-state index contributed by atoms with van der Waals surface area (Å²) in [6, 6.07) is 9.83. The molecule has 0 bridgehead atoms. The fourth-order valence-electron chi connectivity index (χ4n) is 2.58. The molecule has 0 radical (unpaired) electrons. The zero-order valence-electron chi connectivity index (χ0n) is 13.0. The lowest BCUT2D eigenvalue weighted by Gasteiger charge is -2.03. The summed E-state index contributed by atoms with van der Waals surface area (Å²) in [6.45, 7) is 2.03. The zero-order valence-corrected chi connectivity index (χ0v) is 14.6. The lowest BCUT2D eigenvalue weighted by molar-refractivity contribution is -0.119. The summed E-state index contributed by atoms with van der Waals surface area (Å²) < 4.78 is 2.95. The van der Waals surface area contributed by atoms with Crippen molar-refractivity contribution in [3.05, 3.63) is 64.3 Å². The third kappa shape index (κ3) is 3.85. The van der Waals surface area contributed by atoms with E-state index in [-0.39, 0.29) is 5.78 Å². The first-order chi connectivity index (χ1) is 11.1. The zero-order chi connectivity index (χ0) is 16.2. The fraction of sp³-hybridized carbons (Fsp3) is 0.278. The molecular formula is C18H18BrN3O. The maximum Gasteiger partial charge on any atom is 0.137 e. The second kappa shape index (κ2) is 7.04. The topological polar surface area (TPSA) is 47.3 Å². The molecule has 5 heteroatoms. The highest BCUT2D eigenvalue weighted by atomic mass is 79.9. The van der Waals surface area contributed by atoms with Crippen LogP contribution in [0.5, 0.6) is 0 Å². The van der Waals surface area contributed by atoms with Crippen LogP contribution in [0, 0.1) is 6.92 Å². The van der Waals surface area contributed by atoms with Gasteiger partial charge >= 0.3 is 0 Å². The van der Waals surface area contributed by atoms with Crippen LogP contribution < -0.4 is 0 Å². The number of halogens is 1. The third-order valence-electron chi connectivity index (χ3n) is 3.91. The van der Waals surface area contributed by atoms with Crippen molar-refractivity contribution in [3.8, 4) is 0 Å². The van der Waals surface area contributed by atoms with Crippen molar-refractivity contribution in [1.29, 1.82) is 0 Å². The van der Waals surface area contributed by atoms with E-state index in [1.54, 1.807) is 6.20 Å². The van der Waals surface area contributed by atoms with Crippen LogP contribution in [0.25, 0.3) is 5.65 Å². The quantitative estimate of drug-likeness (QED) is 0.616. The number of imidazole rings is 1. The van der Waals surface area contributed by atoms with Gasteiger partial charge in [-0.3, -0.25) is 14.2 Å². The number of Topliss-reactive ketones (excluding diaryl/α,β-unsaturated/α-hetero) is 1. The molecule has 118 valence electrons. The van der Waals surface area contributed by atoms with E-state index in [1.807, 2.05) is 47.9 Å². The van der Waals surface area contributed by atoms with Gasteiger partial charge in [-0.1, -0.05) is 12.1 Å². The van der Waals surface area contributed by atoms with Gasteiger partial charge in [-0.05, 0) is 59.5 Å². The molecule has 0 aliphatic carbocycles. The van der Waals surface area contributed by atoms with Gasteiger partial charge in [-0.25, -0.2) is 4.98 Å². The van der Waals surface area contributed by atoms with E-state index in [0.717, 1.165) is 27.2 Å². The number of carbonyl (C=O) groups excluding carboxylic acids is 1. The van der Waals surface area contributed by atoms with Crippen molar-refractivity contribution in [2.45, 2.75) is 32.6 Å². The minimum absolute atomic E-state index is 0.256. The molecule has 0 saturated carbocycles. The molecule has 0 atom stereocenters. The SMILES string of the molecule is Cc1cccnc1CCC(=O)CCc1cn2c(Br)cccc2n1. The second-order valence-corrected chi connectivity index (χ2v) is 6.43. The number of aromatic nitrogens is 3. The highest BCUT2D eigenvalue weighted by Gasteiger charge is 2.08. The fourth-order valence-corrected chi connectivity index (χ4v) is 3.02. The molecule has 0 aromatic carbocycles. The Morgan fingerprint density at radius 2 is 2.00 bits per heavy atom. The number of hydrogen-bond acceptors (Lipinski definition) is 3. The predicted octanol–water partition coefficient (Wildman–Crippen LogP) is 3.93. The number of rotatable bonds is 6. The van der Waals surface area contributed by atoms with E-state index in [0.29, 0.717) is 25.7 Å². The van der Waals surface area contributed by atoms with E-state index in [1.165, 1.54) is 0 Å². The first-order valence-corrected chi connectivity index (χ1v) is 8.47. The van der Waals surface area contributed by atoms with Crippen molar-refractivity contribution in [2.24, 2.45) is 0 Å². The van der Waals surface area contributed by atoms with Crippen molar-refractivity contribution in [2.75, 3.05) is 0 Å². The average Bonchev–Trinajstić information content (AvgIpc) is 2.97. The standard InChI is InChI=1S/C18H18BrN3O/c1-13-4-3-11-20-16(13)10-9-15(23)8-7-14-12-22-17(19)5-2-6-18(22)21-14/h2-6,11-12H,7-10H2,1H3. The lowest BCUT2D eigenvalue weighted by atomic mass is 10.1. The molecule has 0 fully saturated rings. The molecule has 3 heterocycles. The molecule has 3 aromatic heterocycles. The minimum atomic E-state index is 0.256. The number of nitrogens with zero attached hydrogens (tertiary/aromatic N) is 3. The Balaban J connectivity index is 1.56. The Labute approximate surface area is 143 Å². The van der Waals surface area contributed by atoms with Crippen molar-refractivity contribution >= 4 is 27.4 Å². The number of carbonyl (C=O) groups is 1. The van der Waals surface area contributed by atoms with Crippen molar-refractivity contribution in [3.63, 3.8) is 0 Å². The molecule has 3 aromatic rings. The maximum atomic E-state index is 12.1. The summed E-state index contributed by atoms with van der Waals surface area (Å²) >= 11 is 3.50. The van der Waals surface area contributed by atoms with Crippen molar-refractivity contribution < 1.29 is 4.79 Å². The first kappa shape index (κ1) is 15.9. The number of pyridine rings is 2. The molecule has 0 amide bonds. The summed E-state index contributed by atoms with van der Waals surface area (Å²) in [7, 11) is 0. The van der Waals surface area contributed by atoms with E-state index in [9.17, 15) is 4.79 Å². The maximum absolute atomic E-state index is 12.1. The minimum Gasteiger partial charge on any atom is -0.300 e. The van der Waals surface area contributed by atoms with Crippen LogP contribution in [-0.4, -0.2) is 20.2 Å². The van der Waals surface area contributed by atoms with Crippen LogP contribution in [0.2, 0.25) is 0 Å². The molecule has 23 heavy (non-hydrogen) atoms. The number of hydrogen-bond donors (Lipinski definition) is 0. The van der Waals surface area contributed by atoms with Gasteiger partial charge in [0.05, 0.1) is 10.3 Å². The van der Waals surface area contributed by atoms with Crippen LogP contribution in [0.1, 0.15) is 29.8 Å². The molecule has 0 spiro atoms. The average molecular weight is 372 g/mol. The summed E-state index contributed by atoms with van der Waals surface area (Å²) in [4.78, 5) is 21.0. The molecule has 0 aliphatic rings. The van der Waals surface area contributed by atoms with Gasteiger partial charge in [-0.15, -0.1) is 0 Å². The van der Waals surface area contributed by atoms with Crippen LogP contribution in [-0.2, 0) is 17.6 Å². The Bertz CT molecular complexity index is 841. The third-order valence-corrected chi connectivity index (χ3v) is 4.56. The molecule has 0 aliphatic heterocycles. The Hall–Kier alpha value is -2.01. The van der Waals surface area contributed by atoms with E-state index in [2.05, 4.69) is 25.9 Å². The number of fused-ring (bicyclic) bond motifs is 1. The molecule has 0 saturated heterocycles. The smallest absolute Gasteiger partial charge is 0.137 e. The molecular weight excluding hydrogens is 354 g/mol. The Kier molecular flexibility index (Phi) is 4.86. The van der Waals surface area contributed by atoms with E-state index >= 15 is 0 Å². The highest BCUT2D eigenvalue weighted by Crippen LogP contribution is 2.15. The van der Waals surface area contributed by atoms with Gasteiger partial charge in [0.1, 0.15) is 11.4 Å². The van der Waals surface area contributed by atoms with Crippen LogP contribution in [0.4, 0.5) is 0 Å². The number of aryl methyl sites for hydroxylation is 3. The lowest BCUT2D eigenvalue weighted by Crippen LogP contribution is -2.04. The van der Waals surface area contributed by atoms with E-state index < -0.39 is 0 Å². The van der Waals surface area contributed by atoms with Gasteiger partial charge in [0.25, 0.3) is 0 Å². The largest absolute Gasteiger partial charge is 0.300 e. The van der Waals surface area contributed by atoms with Crippen LogP contribution in [0.15, 0.2) is 47.3 Å². The van der Waals surface area contributed by atoms with Gasteiger partial charge in [0, 0.05) is 30.9 Å².